The third kappa shape index (κ3) is 3.90. The van der Waals surface area contributed by atoms with Gasteiger partial charge in [0.25, 0.3) is 0 Å². The molecular weight excluding hydrogens is 413 g/mol. The molecule has 0 aliphatic heterocycles. The van der Waals surface area contributed by atoms with Crippen molar-refractivity contribution in [2.75, 3.05) is 16.4 Å². The van der Waals surface area contributed by atoms with Gasteiger partial charge in [0.05, 0.1) is 10.7 Å². The number of hydrogen-bond donors (Lipinski definition) is 3. The van der Waals surface area contributed by atoms with Crippen LogP contribution in [0.3, 0.4) is 0 Å². The highest BCUT2D eigenvalue weighted by Gasteiger charge is 2.11. The summed E-state index contributed by atoms with van der Waals surface area (Å²) < 4.78 is 0.948. The number of hydrogen-bond acceptors (Lipinski definition) is 5. The molecule has 2 aromatic carbocycles. The Morgan fingerprint density at radius 2 is 1.71 bits per heavy atom. The summed E-state index contributed by atoms with van der Waals surface area (Å²) in [6.07, 6.45) is 1.41. The van der Waals surface area contributed by atoms with Gasteiger partial charge >= 0.3 is 0 Å². The van der Waals surface area contributed by atoms with Gasteiger partial charge in [-0.1, -0.05) is 45.2 Å². The van der Waals surface area contributed by atoms with E-state index in [0.717, 1.165) is 10.2 Å². The number of nitrogens with one attached hydrogen (secondary N) is 2. The first-order valence-corrected chi connectivity index (χ1v) is 8.43. The topological polar surface area (TPSA) is 75.9 Å². The molecule has 0 radical (unpaired) electrons. The Labute approximate surface area is 157 Å². The van der Waals surface area contributed by atoms with E-state index in [1.54, 1.807) is 18.2 Å². The molecule has 0 aliphatic rings. The van der Waals surface area contributed by atoms with Crippen LogP contribution < -0.4 is 16.4 Å². The van der Waals surface area contributed by atoms with Gasteiger partial charge in [-0.25, -0.2) is 9.97 Å². The van der Waals surface area contributed by atoms with Crippen molar-refractivity contribution >= 4 is 67.8 Å². The summed E-state index contributed by atoms with van der Waals surface area (Å²) in [5.74, 6) is 0.926. The zero-order valence-electron chi connectivity index (χ0n) is 12.2. The first-order chi connectivity index (χ1) is 11.5. The van der Waals surface area contributed by atoms with E-state index in [1.807, 2.05) is 24.3 Å². The summed E-state index contributed by atoms with van der Waals surface area (Å²) >= 11 is 15.6. The van der Waals surface area contributed by atoms with Crippen LogP contribution in [0.15, 0.2) is 53.3 Å². The van der Waals surface area contributed by atoms with Crippen molar-refractivity contribution in [1.82, 2.24) is 9.97 Å². The summed E-state index contributed by atoms with van der Waals surface area (Å²) in [5.41, 5.74) is 8.00. The van der Waals surface area contributed by atoms with Crippen LogP contribution in [0, 0.1) is 0 Å². The van der Waals surface area contributed by atoms with Crippen LogP contribution in [0.4, 0.5) is 28.7 Å². The van der Waals surface area contributed by atoms with E-state index in [2.05, 4.69) is 36.5 Å². The highest BCUT2D eigenvalue weighted by molar-refractivity contribution is 9.10. The molecule has 1 heterocycles. The van der Waals surface area contributed by atoms with Crippen molar-refractivity contribution in [3.8, 4) is 0 Å². The molecule has 0 bridgehead atoms. The second kappa shape index (κ2) is 7.25. The molecule has 0 saturated carbocycles. The largest absolute Gasteiger partial charge is 0.393 e. The molecular formula is C16H12BrCl2N5. The van der Waals surface area contributed by atoms with Gasteiger partial charge in [0.2, 0.25) is 0 Å². The van der Waals surface area contributed by atoms with Crippen molar-refractivity contribution in [1.29, 1.82) is 0 Å². The second-order valence-electron chi connectivity index (χ2n) is 4.87. The van der Waals surface area contributed by atoms with E-state index in [9.17, 15) is 0 Å². The van der Waals surface area contributed by atoms with Crippen molar-refractivity contribution in [3.63, 3.8) is 0 Å². The van der Waals surface area contributed by atoms with E-state index in [0.29, 0.717) is 33.1 Å². The zero-order valence-corrected chi connectivity index (χ0v) is 15.3. The molecule has 0 fully saturated rings. The maximum absolute atomic E-state index is 6.17. The molecule has 0 spiro atoms. The molecule has 0 atom stereocenters. The van der Waals surface area contributed by atoms with Gasteiger partial charge in [-0.05, 0) is 36.4 Å². The lowest BCUT2D eigenvalue weighted by Gasteiger charge is -2.13. The molecule has 0 saturated heterocycles. The molecule has 24 heavy (non-hydrogen) atoms. The fourth-order valence-corrected chi connectivity index (χ4v) is 2.75. The number of nitrogens with zero attached hydrogens (tertiary/aromatic N) is 2. The molecule has 1 aromatic heterocycles. The van der Waals surface area contributed by atoms with Crippen LogP contribution in [0.5, 0.6) is 0 Å². The van der Waals surface area contributed by atoms with Crippen molar-refractivity contribution in [2.45, 2.75) is 0 Å². The van der Waals surface area contributed by atoms with Crippen LogP contribution in [0.25, 0.3) is 0 Å². The van der Waals surface area contributed by atoms with Crippen LogP contribution in [-0.4, -0.2) is 9.97 Å². The highest BCUT2D eigenvalue weighted by Crippen LogP contribution is 2.32. The predicted octanol–water partition coefficient (Wildman–Crippen LogP) is 5.62. The lowest BCUT2D eigenvalue weighted by atomic mass is 10.3. The minimum Gasteiger partial charge on any atom is -0.393 e. The Morgan fingerprint density at radius 1 is 0.958 bits per heavy atom. The van der Waals surface area contributed by atoms with Gasteiger partial charge in [0.15, 0.2) is 11.6 Å². The molecule has 122 valence electrons. The van der Waals surface area contributed by atoms with Gasteiger partial charge in [-0.2, -0.15) is 0 Å². The van der Waals surface area contributed by atoms with Gasteiger partial charge in [-0.15, -0.1) is 0 Å². The summed E-state index contributed by atoms with van der Waals surface area (Å²) in [6.45, 7) is 0. The first-order valence-electron chi connectivity index (χ1n) is 6.88. The lowest BCUT2D eigenvalue weighted by Crippen LogP contribution is -2.05. The number of nitrogens with two attached hydrogens (primary N) is 1. The predicted molar refractivity (Wildman–Crippen MR) is 104 cm³/mol. The van der Waals surface area contributed by atoms with E-state index in [-0.39, 0.29) is 0 Å². The number of anilines is 5. The SMILES string of the molecule is Nc1c(Nc2cccc(Br)c2)ncnc1Nc1cc(Cl)ccc1Cl. The molecule has 5 nitrogen and oxygen atoms in total. The summed E-state index contributed by atoms with van der Waals surface area (Å²) in [4.78, 5) is 8.35. The normalized spacial score (nSPS) is 10.5. The Morgan fingerprint density at radius 3 is 2.46 bits per heavy atom. The molecule has 0 aliphatic carbocycles. The third-order valence-corrected chi connectivity index (χ3v) is 4.21. The van der Waals surface area contributed by atoms with Crippen molar-refractivity contribution < 1.29 is 0 Å². The molecule has 4 N–H and O–H groups in total. The van der Waals surface area contributed by atoms with Crippen LogP contribution in [-0.2, 0) is 0 Å². The second-order valence-corrected chi connectivity index (χ2v) is 6.63. The fraction of sp³-hybridized carbons (Fsp3) is 0. The Balaban J connectivity index is 1.89. The number of benzene rings is 2. The summed E-state index contributed by atoms with van der Waals surface area (Å²) in [6, 6.07) is 12.8. The average Bonchev–Trinajstić information content (AvgIpc) is 2.55. The van der Waals surface area contributed by atoms with E-state index < -0.39 is 0 Å². The number of nitrogen functional groups attached to an aromatic ring is 1. The molecule has 8 heteroatoms. The maximum atomic E-state index is 6.17. The van der Waals surface area contributed by atoms with Gasteiger partial charge in [0, 0.05) is 15.2 Å². The van der Waals surface area contributed by atoms with Gasteiger partial charge in [0.1, 0.15) is 12.0 Å². The van der Waals surface area contributed by atoms with Gasteiger partial charge in [-0.3, -0.25) is 0 Å². The first kappa shape index (κ1) is 16.8. The minimum absolute atomic E-state index is 0.369. The number of aromatic nitrogens is 2. The van der Waals surface area contributed by atoms with E-state index in [4.69, 9.17) is 28.9 Å². The molecule has 3 aromatic rings. The molecule has 3 rings (SSSR count). The van der Waals surface area contributed by atoms with Crippen molar-refractivity contribution in [3.05, 3.63) is 63.3 Å². The fourth-order valence-electron chi connectivity index (χ4n) is 2.02. The average molecular weight is 425 g/mol. The third-order valence-electron chi connectivity index (χ3n) is 3.15. The quantitative estimate of drug-likeness (QED) is 0.507. The number of halogens is 3. The lowest BCUT2D eigenvalue weighted by molar-refractivity contribution is 1.17. The Bertz CT molecular complexity index is 888. The maximum Gasteiger partial charge on any atom is 0.159 e. The smallest absolute Gasteiger partial charge is 0.159 e. The minimum atomic E-state index is 0.369. The summed E-state index contributed by atoms with van der Waals surface area (Å²) in [5, 5.41) is 7.31. The van der Waals surface area contributed by atoms with E-state index >= 15 is 0 Å². The standard InChI is InChI=1S/C16H12BrCl2N5/c17-9-2-1-3-11(6-9)23-15-14(20)16(22-8-21-15)24-13-7-10(18)4-5-12(13)19/h1-8H,20H2,(H2,21,22,23,24). The molecule has 0 unspecified atom stereocenters. The Hall–Kier alpha value is -2.02. The number of rotatable bonds is 4. The van der Waals surface area contributed by atoms with Crippen LogP contribution in [0.2, 0.25) is 10.0 Å². The van der Waals surface area contributed by atoms with Crippen LogP contribution >= 0.6 is 39.1 Å². The van der Waals surface area contributed by atoms with E-state index in [1.165, 1.54) is 6.33 Å². The summed E-state index contributed by atoms with van der Waals surface area (Å²) in [7, 11) is 0. The molecule has 0 amide bonds. The van der Waals surface area contributed by atoms with Gasteiger partial charge < -0.3 is 16.4 Å². The monoisotopic (exact) mass is 423 g/mol. The van der Waals surface area contributed by atoms with Crippen molar-refractivity contribution in [2.24, 2.45) is 0 Å². The van der Waals surface area contributed by atoms with Crippen LogP contribution in [0.1, 0.15) is 0 Å². The Kier molecular flexibility index (Phi) is 5.08. The highest BCUT2D eigenvalue weighted by atomic mass is 79.9. The zero-order chi connectivity index (χ0) is 17.1.